The van der Waals surface area contributed by atoms with Gasteiger partial charge in [-0.15, -0.1) is 22.7 Å². The Morgan fingerprint density at radius 2 is 1.14 bits per heavy atom. The highest BCUT2D eigenvalue weighted by molar-refractivity contribution is 7.17. The molecule has 0 saturated carbocycles. The quantitative estimate of drug-likeness (QED) is 0.218. The summed E-state index contributed by atoms with van der Waals surface area (Å²) < 4.78 is 8.97. The first-order valence-electron chi connectivity index (χ1n) is 12.8. The van der Waals surface area contributed by atoms with Gasteiger partial charge in [0.05, 0.1) is 40.6 Å². The van der Waals surface area contributed by atoms with Gasteiger partial charge in [0.15, 0.2) is 5.75 Å². The number of aromatic hydroxyl groups is 1. The lowest BCUT2D eigenvalue weighted by Gasteiger charge is -2.13. The lowest BCUT2D eigenvalue weighted by atomic mass is 10.2. The first kappa shape index (κ1) is 29.3. The highest BCUT2D eigenvalue weighted by Gasteiger charge is 2.24. The molecule has 0 aliphatic carbocycles. The van der Waals surface area contributed by atoms with Gasteiger partial charge in [0.2, 0.25) is 5.75 Å². The summed E-state index contributed by atoms with van der Waals surface area (Å²) in [6.45, 7) is 0.642. The number of benzene rings is 2. The van der Waals surface area contributed by atoms with Crippen molar-refractivity contribution < 1.29 is 29.6 Å². The van der Waals surface area contributed by atoms with Crippen molar-refractivity contribution in [3.63, 3.8) is 0 Å². The number of rotatable bonds is 7. The van der Waals surface area contributed by atoms with Gasteiger partial charge in [0.25, 0.3) is 11.1 Å². The zero-order chi connectivity index (χ0) is 30.7. The number of pyridine rings is 2. The lowest BCUT2D eigenvalue weighted by molar-refractivity contribution is 0.0684. The predicted molar refractivity (Wildman–Crippen MR) is 165 cm³/mol. The van der Waals surface area contributed by atoms with Gasteiger partial charge in [-0.25, -0.2) is 9.59 Å². The van der Waals surface area contributed by atoms with Crippen LogP contribution in [0.5, 0.6) is 11.5 Å². The lowest BCUT2D eigenvalue weighted by Crippen LogP contribution is -2.24. The Bertz CT molecular complexity index is 2080. The molecule has 43 heavy (non-hydrogen) atoms. The summed E-state index contributed by atoms with van der Waals surface area (Å²) in [6, 6.07) is 22.3. The molecule has 0 spiro atoms. The number of fused-ring (bicyclic) bond motifs is 2. The Hall–Kier alpha value is -5.20. The van der Waals surface area contributed by atoms with Crippen LogP contribution >= 0.6 is 22.7 Å². The molecule has 3 N–H and O–H groups in total. The second-order valence-corrected chi connectivity index (χ2v) is 11.1. The molecular weight excluding hydrogens is 592 g/mol. The number of thiophene rings is 2. The molecule has 0 fully saturated rings. The zero-order valence-corrected chi connectivity index (χ0v) is 24.2. The Labute approximate surface area is 251 Å². The molecule has 0 amide bonds. The van der Waals surface area contributed by atoms with E-state index in [2.05, 4.69) is 0 Å². The minimum Gasteiger partial charge on any atom is -0.502 e. The maximum atomic E-state index is 12.6. The van der Waals surface area contributed by atoms with Crippen LogP contribution in [0.15, 0.2) is 93.1 Å². The topological polar surface area (TPSA) is 148 Å². The summed E-state index contributed by atoms with van der Waals surface area (Å²) in [5, 5.41) is 32.0. The standard InChI is InChI=1S/C16H13NO4S.C15H11NO4S/c1-21-13-12(16(19)20)14-11(7-8-22-14)17(15(13)18)9-10-5-3-2-4-6-10;17-12-11(15(19)20)13-10(6-7-21-13)16(14(12)18)8-9-4-2-1-3-5-9/h2-8H,9H2,1H3,(H,19,20);1-7,17H,8H2,(H,19,20). The smallest absolute Gasteiger partial charge is 0.341 e. The van der Waals surface area contributed by atoms with Gasteiger partial charge < -0.3 is 20.1 Å². The van der Waals surface area contributed by atoms with Gasteiger partial charge in [-0.2, -0.15) is 0 Å². The molecule has 0 bridgehead atoms. The number of carboxylic acid groups (broad SMARTS) is 2. The average molecular weight is 617 g/mol. The molecule has 4 heterocycles. The van der Waals surface area contributed by atoms with E-state index in [1.807, 2.05) is 60.7 Å². The average Bonchev–Trinajstić information content (AvgIpc) is 3.68. The highest BCUT2D eigenvalue weighted by Crippen LogP contribution is 2.30. The number of aromatic carboxylic acids is 2. The summed E-state index contributed by atoms with van der Waals surface area (Å²) in [5.74, 6) is -3.30. The van der Waals surface area contributed by atoms with E-state index in [1.54, 1.807) is 27.5 Å². The normalized spacial score (nSPS) is 10.8. The van der Waals surface area contributed by atoms with E-state index in [-0.39, 0.29) is 23.4 Å². The molecule has 10 nitrogen and oxygen atoms in total. The summed E-state index contributed by atoms with van der Waals surface area (Å²) in [4.78, 5) is 47.6. The van der Waals surface area contributed by atoms with Crippen molar-refractivity contribution in [2.24, 2.45) is 0 Å². The molecule has 0 unspecified atom stereocenters. The first-order chi connectivity index (χ1) is 20.7. The fourth-order valence-corrected chi connectivity index (χ4v) is 6.59. The SMILES string of the molecule is COc1c(C(=O)O)c2sccc2n(Cc2ccccc2)c1=O.O=C(O)c1c(O)c(=O)n(Cc2ccccc2)c2ccsc12. The van der Waals surface area contributed by atoms with Crippen molar-refractivity contribution in [3.8, 4) is 11.5 Å². The predicted octanol–water partition coefficient (Wildman–Crippen LogP) is 5.33. The number of carbonyl (C=O) groups is 2. The molecule has 6 rings (SSSR count). The summed E-state index contributed by atoms with van der Waals surface area (Å²) in [6.07, 6.45) is 0. The molecule has 0 radical (unpaired) electrons. The van der Waals surface area contributed by atoms with E-state index in [0.717, 1.165) is 11.1 Å². The fraction of sp³-hybridized carbons (Fsp3) is 0.0968. The first-order valence-corrected chi connectivity index (χ1v) is 14.5. The van der Waals surface area contributed by atoms with Gasteiger partial charge in [-0.05, 0) is 34.0 Å². The molecular formula is C31H24N2O8S2. The maximum Gasteiger partial charge on any atom is 0.341 e. The number of ether oxygens (including phenoxy) is 1. The third-order valence-electron chi connectivity index (χ3n) is 6.67. The molecule has 0 atom stereocenters. The van der Waals surface area contributed by atoms with Gasteiger partial charge in [-0.3, -0.25) is 18.7 Å². The van der Waals surface area contributed by atoms with Crippen molar-refractivity contribution >= 4 is 55.0 Å². The van der Waals surface area contributed by atoms with Crippen molar-refractivity contribution in [2.45, 2.75) is 13.1 Å². The van der Waals surface area contributed by atoms with Crippen LogP contribution in [0, 0.1) is 0 Å². The van der Waals surface area contributed by atoms with E-state index < -0.39 is 28.8 Å². The van der Waals surface area contributed by atoms with E-state index in [9.17, 15) is 34.5 Å². The molecule has 4 aromatic heterocycles. The van der Waals surface area contributed by atoms with Crippen LogP contribution < -0.4 is 15.9 Å². The molecule has 12 heteroatoms. The fourth-order valence-electron chi connectivity index (χ4n) is 4.73. The van der Waals surface area contributed by atoms with E-state index in [4.69, 9.17) is 4.74 Å². The Morgan fingerprint density at radius 1 is 0.698 bits per heavy atom. The number of carboxylic acids is 2. The monoisotopic (exact) mass is 616 g/mol. The number of hydrogen-bond acceptors (Lipinski definition) is 8. The van der Waals surface area contributed by atoms with Gasteiger partial charge >= 0.3 is 11.9 Å². The number of methoxy groups -OCH3 is 1. The molecule has 0 saturated heterocycles. The van der Waals surface area contributed by atoms with Gasteiger partial charge in [0, 0.05) is 0 Å². The zero-order valence-electron chi connectivity index (χ0n) is 22.6. The summed E-state index contributed by atoms with van der Waals surface area (Å²) in [7, 11) is 1.31. The summed E-state index contributed by atoms with van der Waals surface area (Å²) in [5.41, 5.74) is 1.46. The maximum absolute atomic E-state index is 12.6. The van der Waals surface area contributed by atoms with Crippen LogP contribution in [0.25, 0.3) is 20.4 Å². The molecule has 0 aliphatic heterocycles. The summed E-state index contributed by atoms with van der Waals surface area (Å²) >= 11 is 2.47. The highest BCUT2D eigenvalue weighted by atomic mass is 32.1. The second kappa shape index (κ2) is 12.3. The minimum absolute atomic E-state index is 0.0678. The van der Waals surface area contributed by atoms with E-state index >= 15 is 0 Å². The van der Waals surface area contributed by atoms with Crippen molar-refractivity contribution in [1.82, 2.24) is 9.13 Å². The Kier molecular flexibility index (Phi) is 8.41. The van der Waals surface area contributed by atoms with Crippen LogP contribution in [0.2, 0.25) is 0 Å². The third-order valence-corrected chi connectivity index (χ3v) is 8.52. The van der Waals surface area contributed by atoms with Crippen molar-refractivity contribution in [1.29, 1.82) is 0 Å². The van der Waals surface area contributed by atoms with Crippen molar-refractivity contribution in [3.05, 3.63) is 127 Å². The molecule has 218 valence electrons. The van der Waals surface area contributed by atoms with Gasteiger partial charge in [0.1, 0.15) is 11.1 Å². The minimum atomic E-state index is -1.30. The largest absolute Gasteiger partial charge is 0.502 e. The van der Waals surface area contributed by atoms with Crippen LogP contribution in [0.4, 0.5) is 0 Å². The third kappa shape index (κ3) is 5.65. The second-order valence-electron chi connectivity index (χ2n) is 9.27. The Balaban J connectivity index is 0.000000171. The van der Waals surface area contributed by atoms with E-state index in [1.165, 1.54) is 34.4 Å². The number of hydrogen-bond donors (Lipinski definition) is 3. The molecule has 0 aliphatic rings. The molecule has 2 aromatic carbocycles. The number of nitrogens with zero attached hydrogens (tertiary/aromatic N) is 2. The van der Waals surface area contributed by atoms with Crippen molar-refractivity contribution in [2.75, 3.05) is 7.11 Å². The van der Waals surface area contributed by atoms with E-state index in [0.29, 0.717) is 27.0 Å². The van der Waals surface area contributed by atoms with Crippen LogP contribution in [0.3, 0.4) is 0 Å². The van der Waals surface area contributed by atoms with Crippen LogP contribution in [-0.4, -0.2) is 43.5 Å². The number of aromatic nitrogens is 2. The molecule has 6 aromatic rings. The van der Waals surface area contributed by atoms with Crippen LogP contribution in [0.1, 0.15) is 31.8 Å². The Morgan fingerprint density at radius 3 is 1.58 bits per heavy atom. The van der Waals surface area contributed by atoms with Crippen LogP contribution in [-0.2, 0) is 13.1 Å². The van der Waals surface area contributed by atoms with Gasteiger partial charge in [-0.1, -0.05) is 60.7 Å².